The van der Waals surface area contributed by atoms with E-state index in [4.69, 9.17) is 4.74 Å². The Hall–Kier alpha value is -3.35. The molecule has 0 aromatic heterocycles. The second-order valence-corrected chi connectivity index (χ2v) is 10.8. The number of carbonyl (C=O) groups is 3. The molecule has 1 heterocycles. The van der Waals surface area contributed by atoms with Crippen LogP contribution in [0.1, 0.15) is 56.6 Å². The number of likely N-dealkylation sites (tertiary alicyclic amines) is 1. The second-order valence-electron chi connectivity index (χ2n) is 10.8. The number of nitrogens with one attached hydrogen (secondary N) is 1. The Morgan fingerprint density at radius 3 is 2.31 bits per heavy atom. The topological polar surface area (TPSA) is 95.9 Å². The van der Waals surface area contributed by atoms with E-state index in [0.29, 0.717) is 13.0 Å². The number of carbonyl (C=O) groups excluding carboxylic acids is 2. The van der Waals surface area contributed by atoms with Crippen molar-refractivity contribution in [3.8, 4) is 11.1 Å². The molecule has 5 rings (SSSR count). The Morgan fingerprint density at radius 2 is 1.71 bits per heavy atom. The van der Waals surface area contributed by atoms with E-state index >= 15 is 0 Å². The van der Waals surface area contributed by atoms with Crippen molar-refractivity contribution < 1.29 is 24.2 Å². The number of nitrogens with zero attached hydrogens (tertiary/aromatic N) is 1. The first-order valence-corrected chi connectivity index (χ1v) is 12.3. The standard InChI is InChI=1S/C28H32N2O5/c1-27(2,14-24(31)30-15-18-8-7-13-28(18,17-30)25(32)33)29-26(34)35-16-23-21-11-5-3-9-19(21)20-10-4-6-12-22(20)23/h3-6,9-12,18,23H,7-8,13-17H2,1-2H3,(H,29,34)(H,32,33)/t18-,28-/m1/s1. The van der Waals surface area contributed by atoms with Crippen LogP contribution in [0.5, 0.6) is 0 Å². The first-order valence-electron chi connectivity index (χ1n) is 12.3. The molecule has 2 amide bonds. The molecule has 184 valence electrons. The van der Waals surface area contributed by atoms with Crippen molar-refractivity contribution in [2.24, 2.45) is 11.3 Å². The van der Waals surface area contributed by atoms with E-state index in [-0.39, 0.29) is 37.3 Å². The fourth-order valence-corrected chi connectivity index (χ4v) is 6.27. The largest absolute Gasteiger partial charge is 0.481 e. The van der Waals surface area contributed by atoms with Crippen LogP contribution >= 0.6 is 0 Å². The van der Waals surface area contributed by atoms with Crippen LogP contribution in [-0.2, 0) is 14.3 Å². The van der Waals surface area contributed by atoms with Crippen molar-refractivity contribution in [3.05, 3.63) is 59.7 Å². The molecular formula is C28H32N2O5. The highest BCUT2D eigenvalue weighted by Gasteiger charge is 2.55. The summed E-state index contributed by atoms with van der Waals surface area (Å²) >= 11 is 0. The van der Waals surface area contributed by atoms with Crippen LogP contribution < -0.4 is 5.32 Å². The number of hydrogen-bond donors (Lipinski definition) is 2. The highest BCUT2D eigenvalue weighted by atomic mass is 16.5. The maximum atomic E-state index is 13.0. The summed E-state index contributed by atoms with van der Waals surface area (Å²) in [6, 6.07) is 16.3. The summed E-state index contributed by atoms with van der Waals surface area (Å²) in [5, 5.41) is 12.6. The molecule has 7 nitrogen and oxygen atoms in total. The van der Waals surface area contributed by atoms with Gasteiger partial charge in [-0.3, -0.25) is 9.59 Å². The van der Waals surface area contributed by atoms with Crippen LogP contribution in [0.3, 0.4) is 0 Å². The van der Waals surface area contributed by atoms with Gasteiger partial charge in [-0.1, -0.05) is 55.0 Å². The van der Waals surface area contributed by atoms with Gasteiger partial charge in [0.15, 0.2) is 0 Å². The molecule has 2 N–H and O–H groups in total. The normalized spacial score (nSPS) is 22.9. The smallest absolute Gasteiger partial charge is 0.407 e. The van der Waals surface area contributed by atoms with E-state index < -0.39 is 23.0 Å². The third-order valence-electron chi connectivity index (χ3n) is 8.03. The number of benzene rings is 2. The summed E-state index contributed by atoms with van der Waals surface area (Å²) in [6.07, 6.45) is 1.88. The number of alkyl carbamates (subject to hydrolysis) is 1. The van der Waals surface area contributed by atoms with Gasteiger partial charge in [-0.05, 0) is 54.9 Å². The molecule has 7 heteroatoms. The van der Waals surface area contributed by atoms with E-state index in [0.717, 1.165) is 35.1 Å². The maximum absolute atomic E-state index is 13.0. The van der Waals surface area contributed by atoms with E-state index in [1.54, 1.807) is 18.7 Å². The number of ether oxygens (including phenoxy) is 1. The summed E-state index contributed by atoms with van der Waals surface area (Å²) in [5.74, 6) is -0.952. The van der Waals surface area contributed by atoms with E-state index in [2.05, 4.69) is 29.6 Å². The molecule has 1 saturated carbocycles. The van der Waals surface area contributed by atoms with Crippen LogP contribution in [0.2, 0.25) is 0 Å². The average molecular weight is 477 g/mol. The predicted molar refractivity (Wildman–Crippen MR) is 131 cm³/mol. The summed E-state index contributed by atoms with van der Waals surface area (Å²) in [5.41, 5.74) is 2.98. The number of rotatable bonds is 6. The molecule has 3 aliphatic rings. The molecule has 0 radical (unpaired) electrons. The Bertz CT molecular complexity index is 1130. The fourth-order valence-electron chi connectivity index (χ4n) is 6.27. The van der Waals surface area contributed by atoms with Gasteiger partial charge in [0.1, 0.15) is 6.61 Å². The van der Waals surface area contributed by atoms with Crippen molar-refractivity contribution in [1.29, 1.82) is 0 Å². The lowest BCUT2D eigenvalue weighted by atomic mass is 9.81. The van der Waals surface area contributed by atoms with Crippen LogP contribution in [0.15, 0.2) is 48.5 Å². The van der Waals surface area contributed by atoms with Crippen LogP contribution in [0.4, 0.5) is 4.79 Å². The predicted octanol–water partition coefficient (Wildman–Crippen LogP) is 4.41. The molecule has 2 aromatic carbocycles. The summed E-state index contributed by atoms with van der Waals surface area (Å²) < 4.78 is 5.64. The number of carboxylic acid groups (broad SMARTS) is 1. The molecule has 35 heavy (non-hydrogen) atoms. The minimum atomic E-state index is -0.826. The lowest BCUT2D eigenvalue weighted by Crippen LogP contribution is -2.48. The Balaban J connectivity index is 1.18. The van der Waals surface area contributed by atoms with Gasteiger partial charge in [-0.2, -0.15) is 0 Å². The Kier molecular flexibility index (Phi) is 5.82. The van der Waals surface area contributed by atoms with Gasteiger partial charge in [-0.15, -0.1) is 0 Å². The van der Waals surface area contributed by atoms with E-state index in [1.165, 1.54) is 0 Å². The molecule has 2 atom stereocenters. The molecule has 0 bridgehead atoms. The van der Waals surface area contributed by atoms with Gasteiger partial charge in [0, 0.05) is 31.0 Å². The third kappa shape index (κ3) is 4.17. The van der Waals surface area contributed by atoms with Crippen molar-refractivity contribution in [2.45, 2.75) is 51.0 Å². The molecule has 1 aliphatic heterocycles. The van der Waals surface area contributed by atoms with E-state index in [9.17, 15) is 19.5 Å². The number of aliphatic carboxylic acids is 1. The molecule has 0 unspecified atom stereocenters. The summed E-state index contributed by atoms with van der Waals surface area (Å²) in [4.78, 5) is 39.3. The molecule has 2 fully saturated rings. The second kappa shape index (κ2) is 8.70. The Labute approximate surface area is 205 Å². The van der Waals surface area contributed by atoms with Crippen molar-refractivity contribution in [2.75, 3.05) is 19.7 Å². The molecule has 0 spiro atoms. The van der Waals surface area contributed by atoms with Gasteiger partial charge in [0.2, 0.25) is 5.91 Å². The van der Waals surface area contributed by atoms with Crippen LogP contribution in [0.25, 0.3) is 11.1 Å². The number of carboxylic acids is 1. The van der Waals surface area contributed by atoms with Gasteiger partial charge in [0.05, 0.1) is 5.41 Å². The fraction of sp³-hybridized carbons (Fsp3) is 0.464. The zero-order valence-corrected chi connectivity index (χ0v) is 20.3. The van der Waals surface area contributed by atoms with Crippen molar-refractivity contribution >= 4 is 18.0 Å². The molecule has 2 aromatic rings. The summed E-state index contributed by atoms with van der Waals surface area (Å²) in [7, 11) is 0. The zero-order valence-electron chi connectivity index (χ0n) is 20.3. The lowest BCUT2D eigenvalue weighted by molar-refractivity contribution is -0.149. The number of hydrogen-bond acceptors (Lipinski definition) is 4. The SMILES string of the molecule is CC(C)(CC(=O)N1C[C@H]2CCC[C@@]2(C(=O)O)C1)NC(=O)OCC1c2ccccc2-c2ccccc21. The average Bonchev–Trinajstić information content (AvgIpc) is 3.47. The quantitative estimate of drug-likeness (QED) is 0.644. The molecular weight excluding hydrogens is 444 g/mol. The minimum absolute atomic E-state index is 0.0159. The summed E-state index contributed by atoms with van der Waals surface area (Å²) in [6.45, 7) is 4.52. The van der Waals surface area contributed by atoms with Crippen LogP contribution in [-0.4, -0.2) is 53.2 Å². The van der Waals surface area contributed by atoms with Gasteiger partial charge >= 0.3 is 12.1 Å². The highest BCUT2D eigenvalue weighted by molar-refractivity contribution is 5.83. The lowest BCUT2D eigenvalue weighted by Gasteiger charge is -2.29. The van der Waals surface area contributed by atoms with Gasteiger partial charge in [-0.25, -0.2) is 4.79 Å². The van der Waals surface area contributed by atoms with Gasteiger partial charge < -0.3 is 20.1 Å². The molecule has 2 aliphatic carbocycles. The molecule has 1 saturated heterocycles. The minimum Gasteiger partial charge on any atom is -0.481 e. The van der Waals surface area contributed by atoms with E-state index in [1.807, 2.05) is 24.3 Å². The first-order chi connectivity index (χ1) is 16.7. The van der Waals surface area contributed by atoms with Gasteiger partial charge in [0.25, 0.3) is 0 Å². The third-order valence-corrected chi connectivity index (χ3v) is 8.03. The maximum Gasteiger partial charge on any atom is 0.407 e. The number of fused-ring (bicyclic) bond motifs is 4. The van der Waals surface area contributed by atoms with Crippen LogP contribution in [0, 0.1) is 11.3 Å². The monoisotopic (exact) mass is 476 g/mol. The highest BCUT2D eigenvalue weighted by Crippen LogP contribution is 2.49. The first kappa shape index (κ1) is 23.4. The zero-order chi connectivity index (χ0) is 24.8. The van der Waals surface area contributed by atoms with Crippen molar-refractivity contribution in [3.63, 3.8) is 0 Å². The number of amides is 2. The Morgan fingerprint density at radius 1 is 1.09 bits per heavy atom. The van der Waals surface area contributed by atoms with Crippen molar-refractivity contribution in [1.82, 2.24) is 10.2 Å².